The lowest BCUT2D eigenvalue weighted by molar-refractivity contribution is 0.220. The zero-order chi connectivity index (χ0) is 10.8. The van der Waals surface area contributed by atoms with Crippen molar-refractivity contribution in [2.24, 2.45) is 7.05 Å². The van der Waals surface area contributed by atoms with E-state index in [0.29, 0.717) is 11.1 Å². The van der Waals surface area contributed by atoms with Crippen molar-refractivity contribution in [3.63, 3.8) is 0 Å². The van der Waals surface area contributed by atoms with Crippen LogP contribution in [0, 0.1) is 5.82 Å². The van der Waals surface area contributed by atoms with Crippen molar-refractivity contribution in [2.45, 2.75) is 6.10 Å². The van der Waals surface area contributed by atoms with Gasteiger partial charge in [-0.15, -0.1) is 0 Å². The number of hydrogen-bond donors (Lipinski definition) is 1. The molecule has 78 valence electrons. The quantitative estimate of drug-likeness (QED) is 0.811. The zero-order valence-corrected chi connectivity index (χ0v) is 8.26. The number of benzene rings is 1. The molecule has 0 saturated carbocycles. The topological polar surface area (TPSA) is 38.0 Å². The number of nitrogens with zero attached hydrogens (tertiary/aromatic N) is 2. The minimum Gasteiger partial charge on any atom is -0.384 e. The lowest BCUT2D eigenvalue weighted by atomic mass is 10.1. The molecule has 1 aromatic heterocycles. The third kappa shape index (κ3) is 2.05. The molecule has 1 N–H and O–H groups in total. The maximum Gasteiger partial charge on any atom is 0.123 e. The number of aromatic nitrogens is 2. The highest BCUT2D eigenvalue weighted by Crippen LogP contribution is 2.20. The van der Waals surface area contributed by atoms with E-state index in [1.807, 2.05) is 0 Å². The Kier molecular flexibility index (Phi) is 2.51. The Morgan fingerprint density at radius 3 is 2.47 bits per heavy atom. The zero-order valence-electron chi connectivity index (χ0n) is 8.26. The molecule has 15 heavy (non-hydrogen) atoms. The number of hydrogen-bond acceptors (Lipinski definition) is 2. The van der Waals surface area contributed by atoms with Gasteiger partial charge >= 0.3 is 0 Å². The fraction of sp³-hybridized carbons (Fsp3) is 0.182. The van der Waals surface area contributed by atoms with Gasteiger partial charge in [-0.25, -0.2) is 4.39 Å². The predicted octanol–water partition coefficient (Wildman–Crippen LogP) is 1.64. The molecule has 0 radical (unpaired) electrons. The molecular weight excluding hydrogens is 195 g/mol. The van der Waals surface area contributed by atoms with Gasteiger partial charge in [0.2, 0.25) is 0 Å². The largest absolute Gasteiger partial charge is 0.384 e. The minimum atomic E-state index is -0.751. The molecular formula is C11H11FN2O. The standard InChI is InChI=1S/C11H11FN2O/c1-14-7-9(6-13-14)11(15)8-2-4-10(12)5-3-8/h2-7,11,15H,1H3. The first-order valence-corrected chi connectivity index (χ1v) is 4.59. The molecule has 0 aliphatic carbocycles. The fourth-order valence-corrected chi connectivity index (χ4v) is 1.42. The minimum absolute atomic E-state index is 0.308. The van der Waals surface area contributed by atoms with Crippen molar-refractivity contribution in [2.75, 3.05) is 0 Å². The van der Waals surface area contributed by atoms with E-state index in [4.69, 9.17) is 0 Å². The second-order valence-corrected chi connectivity index (χ2v) is 3.40. The maximum atomic E-state index is 12.7. The van der Waals surface area contributed by atoms with E-state index in [1.165, 1.54) is 12.1 Å². The van der Waals surface area contributed by atoms with E-state index in [0.717, 1.165) is 0 Å². The number of rotatable bonds is 2. The number of aliphatic hydroxyl groups excluding tert-OH is 1. The number of halogens is 1. The second-order valence-electron chi connectivity index (χ2n) is 3.40. The highest BCUT2D eigenvalue weighted by atomic mass is 19.1. The van der Waals surface area contributed by atoms with E-state index in [-0.39, 0.29) is 5.82 Å². The van der Waals surface area contributed by atoms with E-state index >= 15 is 0 Å². The van der Waals surface area contributed by atoms with E-state index in [2.05, 4.69) is 5.10 Å². The Labute approximate surface area is 86.8 Å². The van der Waals surface area contributed by atoms with E-state index in [9.17, 15) is 9.50 Å². The van der Waals surface area contributed by atoms with Crippen LogP contribution < -0.4 is 0 Å². The Morgan fingerprint density at radius 1 is 1.27 bits per heavy atom. The Morgan fingerprint density at radius 2 is 1.93 bits per heavy atom. The average molecular weight is 206 g/mol. The second kappa shape index (κ2) is 3.82. The van der Waals surface area contributed by atoms with Gasteiger partial charge < -0.3 is 5.11 Å². The van der Waals surface area contributed by atoms with Gasteiger partial charge in [0.25, 0.3) is 0 Å². The highest BCUT2D eigenvalue weighted by molar-refractivity contribution is 5.26. The molecule has 0 saturated heterocycles. The lowest BCUT2D eigenvalue weighted by Gasteiger charge is -2.07. The molecule has 0 amide bonds. The summed E-state index contributed by atoms with van der Waals surface area (Å²) in [4.78, 5) is 0. The van der Waals surface area contributed by atoms with Gasteiger partial charge in [0.1, 0.15) is 11.9 Å². The van der Waals surface area contributed by atoms with Crippen LogP contribution in [-0.4, -0.2) is 14.9 Å². The summed E-state index contributed by atoms with van der Waals surface area (Å²) in [5.41, 5.74) is 1.36. The van der Waals surface area contributed by atoms with Gasteiger partial charge in [-0.2, -0.15) is 5.10 Å². The van der Waals surface area contributed by atoms with Gasteiger partial charge in [-0.05, 0) is 17.7 Å². The summed E-state index contributed by atoms with van der Waals surface area (Å²) < 4.78 is 14.3. The normalized spacial score (nSPS) is 12.7. The molecule has 1 unspecified atom stereocenters. The first-order chi connectivity index (χ1) is 7.16. The molecule has 1 heterocycles. The van der Waals surface area contributed by atoms with Gasteiger partial charge in [0.15, 0.2) is 0 Å². The summed E-state index contributed by atoms with van der Waals surface area (Å²) in [7, 11) is 1.78. The highest BCUT2D eigenvalue weighted by Gasteiger charge is 2.11. The SMILES string of the molecule is Cn1cc(C(O)c2ccc(F)cc2)cn1. The van der Waals surface area contributed by atoms with E-state index in [1.54, 1.807) is 36.3 Å². The molecule has 2 aromatic rings. The summed E-state index contributed by atoms with van der Waals surface area (Å²) in [6.45, 7) is 0. The Hall–Kier alpha value is -1.68. The van der Waals surface area contributed by atoms with Crippen LogP contribution in [0.15, 0.2) is 36.7 Å². The predicted molar refractivity (Wildman–Crippen MR) is 53.7 cm³/mol. The summed E-state index contributed by atoms with van der Waals surface area (Å²) in [6.07, 6.45) is 2.57. The van der Waals surface area contributed by atoms with Crippen molar-refractivity contribution < 1.29 is 9.50 Å². The van der Waals surface area contributed by atoms with Crippen LogP contribution in [0.5, 0.6) is 0 Å². The van der Waals surface area contributed by atoms with E-state index < -0.39 is 6.10 Å². The third-order valence-electron chi connectivity index (χ3n) is 2.23. The summed E-state index contributed by atoms with van der Waals surface area (Å²) >= 11 is 0. The number of aryl methyl sites for hydroxylation is 1. The summed E-state index contributed by atoms with van der Waals surface area (Å²) in [5.74, 6) is -0.308. The summed E-state index contributed by atoms with van der Waals surface area (Å²) in [5, 5.41) is 13.9. The van der Waals surface area contributed by atoms with Crippen LogP contribution in [0.4, 0.5) is 4.39 Å². The fourth-order valence-electron chi connectivity index (χ4n) is 1.42. The molecule has 0 spiro atoms. The molecule has 1 aromatic carbocycles. The van der Waals surface area contributed by atoms with Crippen molar-refractivity contribution in [3.8, 4) is 0 Å². The lowest BCUT2D eigenvalue weighted by Crippen LogP contribution is -1.98. The van der Waals surface area contributed by atoms with Crippen LogP contribution in [-0.2, 0) is 7.05 Å². The maximum absolute atomic E-state index is 12.7. The van der Waals surface area contributed by atoms with Crippen molar-refractivity contribution >= 4 is 0 Å². The summed E-state index contributed by atoms with van der Waals surface area (Å²) in [6, 6.07) is 5.78. The van der Waals surface area contributed by atoms with Crippen LogP contribution in [0.2, 0.25) is 0 Å². The van der Waals surface area contributed by atoms with Crippen LogP contribution in [0.25, 0.3) is 0 Å². The first-order valence-electron chi connectivity index (χ1n) is 4.59. The average Bonchev–Trinajstić information content (AvgIpc) is 2.65. The molecule has 4 heteroatoms. The first kappa shape index (κ1) is 9.86. The van der Waals surface area contributed by atoms with Crippen LogP contribution in [0.1, 0.15) is 17.2 Å². The smallest absolute Gasteiger partial charge is 0.123 e. The van der Waals surface area contributed by atoms with Crippen LogP contribution in [0.3, 0.4) is 0 Å². The van der Waals surface area contributed by atoms with Gasteiger partial charge in [0, 0.05) is 18.8 Å². The Balaban J connectivity index is 2.28. The third-order valence-corrected chi connectivity index (χ3v) is 2.23. The molecule has 2 rings (SSSR count). The molecule has 0 bridgehead atoms. The van der Waals surface area contributed by atoms with Gasteiger partial charge in [-0.3, -0.25) is 4.68 Å². The van der Waals surface area contributed by atoms with Crippen molar-refractivity contribution in [1.82, 2.24) is 9.78 Å². The molecule has 0 aliphatic heterocycles. The molecule has 0 fully saturated rings. The molecule has 1 atom stereocenters. The van der Waals surface area contributed by atoms with Gasteiger partial charge in [-0.1, -0.05) is 12.1 Å². The molecule has 3 nitrogen and oxygen atoms in total. The monoisotopic (exact) mass is 206 g/mol. The van der Waals surface area contributed by atoms with Crippen LogP contribution >= 0.6 is 0 Å². The van der Waals surface area contributed by atoms with Gasteiger partial charge in [0.05, 0.1) is 6.20 Å². The van der Waals surface area contributed by atoms with Crippen molar-refractivity contribution in [3.05, 3.63) is 53.6 Å². The number of aliphatic hydroxyl groups is 1. The molecule has 0 aliphatic rings. The van der Waals surface area contributed by atoms with Crippen molar-refractivity contribution in [1.29, 1.82) is 0 Å². The Bertz CT molecular complexity index is 450.